The number of carbonyl (C=O) groups excluding carboxylic acids is 1. The maximum absolute atomic E-state index is 11.5. The second kappa shape index (κ2) is 6.55. The van der Waals surface area contributed by atoms with Crippen molar-refractivity contribution in [2.45, 2.75) is 0 Å². The smallest absolute Gasteiger partial charge is 0.383 e. The van der Waals surface area contributed by atoms with E-state index in [1.165, 1.54) is 18.2 Å². The van der Waals surface area contributed by atoms with Gasteiger partial charge in [-0.2, -0.15) is 0 Å². The van der Waals surface area contributed by atoms with Crippen molar-refractivity contribution in [3.05, 3.63) is 48.7 Å². The summed E-state index contributed by atoms with van der Waals surface area (Å²) < 4.78 is 15.3. The van der Waals surface area contributed by atoms with Gasteiger partial charge in [-0.25, -0.2) is 4.79 Å². The maximum Gasteiger partial charge on any atom is 0.383 e. The molecule has 0 bridgehead atoms. The highest BCUT2D eigenvalue weighted by Crippen LogP contribution is 2.27. The molecular weight excluding hydrogens is 224 g/mol. The maximum atomic E-state index is 11.5. The third-order valence-electron chi connectivity index (χ3n) is 1.79. The zero-order valence-corrected chi connectivity index (χ0v) is 9.35. The van der Waals surface area contributed by atoms with Gasteiger partial charge in [0.05, 0.1) is 6.61 Å². The van der Waals surface area contributed by atoms with Crippen LogP contribution in [0.3, 0.4) is 0 Å². The van der Waals surface area contributed by atoms with Crippen LogP contribution in [0.5, 0.6) is 0 Å². The Morgan fingerprint density at radius 2 is 1.76 bits per heavy atom. The molecule has 1 heterocycles. The average Bonchev–Trinajstić information content (AvgIpc) is 2.60. The number of aliphatic hydroxyl groups excluding tert-OH is 1. The summed E-state index contributed by atoms with van der Waals surface area (Å²) in [7, 11) is 0. The lowest BCUT2D eigenvalue weighted by Gasteiger charge is -2.05. The zero-order valence-electron chi connectivity index (χ0n) is 9.35. The largest absolute Gasteiger partial charge is 0.482 e. The van der Waals surface area contributed by atoms with E-state index in [2.05, 4.69) is 13.2 Å². The summed E-state index contributed by atoms with van der Waals surface area (Å²) in [5.41, 5.74) is 0. The molecule has 0 aromatic heterocycles. The molecule has 0 unspecified atom stereocenters. The summed E-state index contributed by atoms with van der Waals surface area (Å²) in [5, 5.41) is 8.80. The number of hydrogen-bond donors (Lipinski definition) is 1. The van der Waals surface area contributed by atoms with Gasteiger partial charge in [0, 0.05) is 0 Å². The molecule has 0 radical (unpaired) electrons. The molecule has 1 aliphatic heterocycles. The van der Waals surface area contributed by atoms with Gasteiger partial charge in [0.2, 0.25) is 5.76 Å². The van der Waals surface area contributed by atoms with Gasteiger partial charge in [0.1, 0.15) is 13.2 Å². The lowest BCUT2D eigenvalue weighted by atomic mass is 10.3. The van der Waals surface area contributed by atoms with Crippen molar-refractivity contribution in [2.24, 2.45) is 0 Å². The van der Waals surface area contributed by atoms with Crippen molar-refractivity contribution >= 4 is 5.97 Å². The average molecular weight is 238 g/mol. The molecule has 0 aromatic rings. The molecule has 5 nitrogen and oxygen atoms in total. The van der Waals surface area contributed by atoms with Crippen LogP contribution in [0.4, 0.5) is 0 Å². The molecule has 0 saturated heterocycles. The minimum atomic E-state index is -0.648. The Kier molecular flexibility index (Phi) is 5.03. The minimum absolute atomic E-state index is 0.0218. The van der Waals surface area contributed by atoms with Gasteiger partial charge < -0.3 is 19.3 Å². The molecule has 0 amide bonds. The van der Waals surface area contributed by atoms with Crippen molar-refractivity contribution in [2.75, 3.05) is 19.8 Å². The Morgan fingerprint density at radius 1 is 1.18 bits per heavy atom. The number of hydrogen-bond acceptors (Lipinski definition) is 5. The fourth-order valence-electron chi connectivity index (χ4n) is 1.16. The van der Waals surface area contributed by atoms with Gasteiger partial charge in [-0.3, -0.25) is 0 Å². The molecule has 0 fully saturated rings. The summed E-state index contributed by atoms with van der Waals surface area (Å²) in [4.78, 5) is 11.5. The lowest BCUT2D eigenvalue weighted by molar-refractivity contribution is -0.136. The van der Waals surface area contributed by atoms with Crippen LogP contribution in [0, 0.1) is 0 Å². The highest BCUT2D eigenvalue weighted by molar-refractivity contribution is 5.91. The Balaban J connectivity index is 2.95. The van der Waals surface area contributed by atoms with Crippen molar-refractivity contribution in [3.8, 4) is 0 Å². The van der Waals surface area contributed by atoms with Crippen LogP contribution >= 0.6 is 0 Å². The molecule has 1 aliphatic rings. The van der Waals surface area contributed by atoms with Gasteiger partial charge in [0.15, 0.2) is 5.76 Å². The predicted octanol–water partition coefficient (Wildman–Crippen LogP) is 1.04. The second-order valence-electron chi connectivity index (χ2n) is 3.00. The summed E-state index contributed by atoms with van der Waals surface area (Å²) >= 11 is 0. The number of cyclic esters (lactones) is 1. The monoisotopic (exact) mass is 238 g/mol. The van der Waals surface area contributed by atoms with Crippen LogP contribution in [0.15, 0.2) is 48.7 Å². The first kappa shape index (κ1) is 13.1. The van der Waals surface area contributed by atoms with Gasteiger partial charge in [-0.1, -0.05) is 25.3 Å². The van der Waals surface area contributed by atoms with Crippen molar-refractivity contribution < 1.29 is 24.1 Å². The number of aliphatic hydroxyl groups is 1. The van der Waals surface area contributed by atoms with Crippen LogP contribution in [-0.4, -0.2) is 30.9 Å². The number of rotatable bonds is 7. The van der Waals surface area contributed by atoms with Crippen LogP contribution in [0.25, 0.3) is 0 Å². The summed E-state index contributed by atoms with van der Waals surface area (Å²) in [6.45, 7) is 7.08. The van der Waals surface area contributed by atoms with Gasteiger partial charge in [-0.05, 0) is 6.08 Å². The van der Waals surface area contributed by atoms with E-state index in [-0.39, 0.29) is 37.1 Å². The van der Waals surface area contributed by atoms with Crippen molar-refractivity contribution in [1.29, 1.82) is 0 Å². The third kappa shape index (κ3) is 3.22. The molecule has 0 aromatic carbocycles. The normalized spacial score (nSPS) is 17.0. The zero-order chi connectivity index (χ0) is 12.7. The molecule has 0 aliphatic carbocycles. The SMILES string of the molecule is C=CCOC1=C(OCC=C)/C(=C/CO)OC1=O. The predicted molar refractivity (Wildman–Crippen MR) is 60.6 cm³/mol. The van der Waals surface area contributed by atoms with Crippen molar-refractivity contribution in [1.82, 2.24) is 0 Å². The number of ether oxygens (including phenoxy) is 3. The van der Waals surface area contributed by atoms with Crippen LogP contribution in [0.1, 0.15) is 0 Å². The fourth-order valence-corrected chi connectivity index (χ4v) is 1.16. The van der Waals surface area contributed by atoms with E-state index in [0.29, 0.717) is 0 Å². The van der Waals surface area contributed by atoms with E-state index < -0.39 is 5.97 Å². The first-order chi connectivity index (χ1) is 8.24. The molecule has 1 N–H and O–H groups in total. The molecular formula is C12H14O5. The van der Waals surface area contributed by atoms with Crippen LogP contribution in [-0.2, 0) is 19.0 Å². The highest BCUT2D eigenvalue weighted by atomic mass is 16.6. The minimum Gasteiger partial charge on any atom is -0.482 e. The van der Waals surface area contributed by atoms with E-state index in [1.807, 2.05) is 0 Å². The first-order valence-electron chi connectivity index (χ1n) is 4.99. The summed E-state index contributed by atoms with van der Waals surface area (Å²) in [6.07, 6.45) is 4.34. The lowest BCUT2D eigenvalue weighted by Crippen LogP contribution is -2.04. The fraction of sp³-hybridized carbons (Fsp3) is 0.250. The topological polar surface area (TPSA) is 65.0 Å². The third-order valence-corrected chi connectivity index (χ3v) is 1.79. The Bertz CT molecular complexity index is 378. The van der Waals surface area contributed by atoms with E-state index >= 15 is 0 Å². The van der Waals surface area contributed by atoms with Crippen molar-refractivity contribution in [3.63, 3.8) is 0 Å². The van der Waals surface area contributed by atoms with Crippen LogP contribution in [0.2, 0.25) is 0 Å². The number of esters is 1. The second-order valence-corrected chi connectivity index (χ2v) is 3.00. The molecule has 1 rings (SSSR count). The standard InChI is InChI=1S/C12H14O5/c1-3-7-15-10-9(5-6-13)17-12(14)11(10)16-8-4-2/h3-5,13H,1-2,6-8H2/b9-5-. The molecule has 0 atom stereocenters. The molecule has 0 saturated carbocycles. The van der Waals surface area contributed by atoms with Gasteiger partial charge >= 0.3 is 5.97 Å². The Hall–Kier alpha value is -2.01. The van der Waals surface area contributed by atoms with E-state index in [4.69, 9.17) is 19.3 Å². The number of carbonyl (C=O) groups is 1. The Labute approximate surface area is 99.3 Å². The van der Waals surface area contributed by atoms with E-state index in [1.54, 1.807) is 0 Å². The van der Waals surface area contributed by atoms with E-state index in [9.17, 15) is 4.79 Å². The molecule has 17 heavy (non-hydrogen) atoms. The molecule has 5 heteroatoms. The molecule has 0 spiro atoms. The highest BCUT2D eigenvalue weighted by Gasteiger charge is 2.33. The van der Waals surface area contributed by atoms with Crippen LogP contribution < -0.4 is 0 Å². The summed E-state index contributed by atoms with van der Waals surface area (Å²) in [6, 6.07) is 0. The summed E-state index contributed by atoms with van der Waals surface area (Å²) in [5.74, 6) is -0.346. The Morgan fingerprint density at radius 3 is 2.29 bits per heavy atom. The van der Waals surface area contributed by atoms with Gasteiger partial charge in [-0.15, -0.1) is 0 Å². The van der Waals surface area contributed by atoms with E-state index in [0.717, 1.165) is 0 Å². The molecule has 92 valence electrons. The first-order valence-corrected chi connectivity index (χ1v) is 4.99. The quantitative estimate of drug-likeness (QED) is 0.530. The van der Waals surface area contributed by atoms with Gasteiger partial charge in [0.25, 0.3) is 5.76 Å².